The Morgan fingerprint density at radius 2 is 1.90 bits per heavy atom. The van der Waals surface area contributed by atoms with Gasteiger partial charge in [-0.2, -0.15) is 0 Å². The van der Waals surface area contributed by atoms with Gasteiger partial charge in [0.15, 0.2) is 0 Å². The molecule has 0 amide bonds. The number of hydrogen-bond acceptors (Lipinski definition) is 4. The van der Waals surface area contributed by atoms with Crippen LogP contribution in [0.25, 0.3) is 0 Å². The molecular weight excluding hydrogens is 268 g/mol. The molecule has 0 N–H and O–H groups in total. The molecule has 0 bridgehead atoms. The smallest absolute Gasteiger partial charge is 0.223 e. The van der Waals surface area contributed by atoms with Crippen LogP contribution in [0.1, 0.15) is 31.7 Å². The Kier molecular flexibility index (Phi) is 5.31. The number of morpholine rings is 1. The molecule has 1 atom stereocenters. The van der Waals surface area contributed by atoms with Gasteiger partial charge in [-0.3, -0.25) is 15.0 Å². The van der Waals surface area contributed by atoms with Gasteiger partial charge >= 0.3 is 0 Å². The van der Waals surface area contributed by atoms with E-state index in [9.17, 15) is 10.1 Å². The van der Waals surface area contributed by atoms with Gasteiger partial charge in [0, 0.05) is 31.9 Å². The predicted octanol–water partition coefficient (Wildman–Crippen LogP) is 2.55. The summed E-state index contributed by atoms with van der Waals surface area (Å²) in [5.41, 5.74) is 0.0839. The van der Waals surface area contributed by atoms with Crippen LogP contribution in [0, 0.1) is 10.1 Å². The lowest BCUT2D eigenvalue weighted by Gasteiger charge is -2.31. The number of nitrogens with zero attached hydrogens (tertiary/aromatic N) is 2. The van der Waals surface area contributed by atoms with E-state index in [0.29, 0.717) is 0 Å². The minimum Gasteiger partial charge on any atom is -0.379 e. The molecule has 0 spiro atoms. The Morgan fingerprint density at radius 1 is 1.29 bits per heavy atom. The summed E-state index contributed by atoms with van der Waals surface area (Å²) in [6, 6.07) is 9.84. The quantitative estimate of drug-likeness (QED) is 0.597. The molecule has 5 nitrogen and oxygen atoms in total. The lowest BCUT2D eigenvalue weighted by atomic mass is 9.80. The largest absolute Gasteiger partial charge is 0.379 e. The summed E-state index contributed by atoms with van der Waals surface area (Å²) in [4.78, 5) is 13.6. The number of hydrogen-bond donors (Lipinski definition) is 0. The summed E-state index contributed by atoms with van der Waals surface area (Å²) in [5.74, 6) is -0.0865. The van der Waals surface area contributed by atoms with E-state index in [-0.39, 0.29) is 10.8 Å². The highest BCUT2D eigenvalue weighted by atomic mass is 16.6. The molecule has 1 unspecified atom stereocenters. The van der Waals surface area contributed by atoms with Crippen molar-refractivity contribution in [3.63, 3.8) is 0 Å². The summed E-state index contributed by atoms with van der Waals surface area (Å²) < 4.78 is 5.35. The van der Waals surface area contributed by atoms with Crippen LogP contribution in [0.4, 0.5) is 0 Å². The Bertz CT molecular complexity index is 456. The summed E-state index contributed by atoms with van der Waals surface area (Å²) >= 11 is 0. The molecule has 0 aromatic heterocycles. The third-order valence-corrected chi connectivity index (χ3v) is 4.36. The molecule has 0 aliphatic carbocycles. The molecule has 1 aliphatic rings. The molecule has 1 heterocycles. The van der Waals surface area contributed by atoms with Gasteiger partial charge in [0.05, 0.1) is 19.1 Å². The summed E-state index contributed by atoms with van der Waals surface area (Å²) in [7, 11) is 0. The van der Waals surface area contributed by atoms with Crippen LogP contribution in [0.3, 0.4) is 0 Å². The fraction of sp³-hybridized carbons (Fsp3) is 0.625. The molecule has 5 heteroatoms. The normalized spacial score (nSPS) is 18.4. The molecule has 1 saturated heterocycles. The number of benzene rings is 1. The van der Waals surface area contributed by atoms with Crippen molar-refractivity contribution < 1.29 is 9.66 Å². The molecule has 1 aromatic carbocycles. The van der Waals surface area contributed by atoms with E-state index in [0.717, 1.165) is 44.8 Å². The van der Waals surface area contributed by atoms with Crippen molar-refractivity contribution in [3.05, 3.63) is 46.0 Å². The lowest BCUT2D eigenvalue weighted by Crippen LogP contribution is -2.42. The third kappa shape index (κ3) is 4.02. The average molecular weight is 292 g/mol. The molecule has 21 heavy (non-hydrogen) atoms. The third-order valence-electron chi connectivity index (χ3n) is 4.36. The molecule has 0 radical (unpaired) electrons. The molecule has 1 aromatic rings. The van der Waals surface area contributed by atoms with Crippen LogP contribution in [-0.2, 0) is 4.74 Å². The van der Waals surface area contributed by atoms with Gasteiger partial charge in [-0.15, -0.1) is 0 Å². The van der Waals surface area contributed by atoms with E-state index in [2.05, 4.69) is 4.90 Å². The second-order valence-corrected chi connectivity index (χ2v) is 6.12. The fourth-order valence-corrected chi connectivity index (χ4v) is 2.88. The van der Waals surface area contributed by atoms with Gasteiger partial charge in [0.1, 0.15) is 0 Å². The van der Waals surface area contributed by atoms with E-state index in [1.165, 1.54) is 0 Å². The van der Waals surface area contributed by atoms with Crippen molar-refractivity contribution >= 4 is 0 Å². The van der Waals surface area contributed by atoms with E-state index >= 15 is 0 Å². The molecular formula is C16H24N2O3. The van der Waals surface area contributed by atoms with E-state index in [1.807, 2.05) is 30.3 Å². The Balaban J connectivity index is 2.10. The van der Waals surface area contributed by atoms with Crippen LogP contribution < -0.4 is 0 Å². The standard InChI is InChI=1S/C16H24N2O3/c1-16(2,18(19)20)15(14-6-4-3-5-7-14)8-9-17-10-12-21-13-11-17/h3-7,15H,8-13H2,1-2H3. The van der Waals surface area contributed by atoms with Crippen molar-refractivity contribution in [2.45, 2.75) is 31.7 Å². The van der Waals surface area contributed by atoms with Gasteiger partial charge in [-0.05, 0) is 18.5 Å². The second-order valence-electron chi connectivity index (χ2n) is 6.12. The fourth-order valence-electron chi connectivity index (χ4n) is 2.88. The highest BCUT2D eigenvalue weighted by molar-refractivity contribution is 5.22. The number of ether oxygens (including phenoxy) is 1. The van der Waals surface area contributed by atoms with Crippen molar-refractivity contribution in [3.8, 4) is 0 Å². The van der Waals surface area contributed by atoms with Crippen LogP contribution in [0.5, 0.6) is 0 Å². The lowest BCUT2D eigenvalue weighted by molar-refractivity contribution is -0.565. The van der Waals surface area contributed by atoms with Crippen molar-refractivity contribution in [1.82, 2.24) is 4.90 Å². The zero-order chi connectivity index (χ0) is 15.3. The first kappa shape index (κ1) is 15.9. The highest BCUT2D eigenvalue weighted by Gasteiger charge is 2.41. The topological polar surface area (TPSA) is 55.6 Å². The zero-order valence-electron chi connectivity index (χ0n) is 12.8. The minimum atomic E-state index is -0.965. The maximum absolute atomic E-state index is 11.5. The van der Waals surface area contributed by atoms with Gasteiger partial charge in [0.2, 0.25) is 5.54 Å². The zero-order valence-corrected chi connectivity index (χ0v) is 12.8. The summed E-state index contributed by atoms with van der Waals surface area (Å²) in [5, 5.41) is 11.5. The van der Waals surface area contributed by atoms with Crippen LogP contribution in [0.15, 0.2) is 30.3 Å². The average Bonchev–Trinajstić information content (AvgIpc) is 2.49. The van der Waals surface area contributed by atoms with Gasteiger partial charge in [-0.25, -0.2) is 0 Å². The predicted molar refractivity (Wildman–Crippen MR) is 82.1 cm³/mol. The summed E-state index contributed by atoms with van der Waals surface area (Å²) in [6.07, 6.45) is 0.790. The minimum absolute atomic E-state index is 0.0865. The Morgan fingerprint density at radius 3 is 2.48 bits per heavy atom. The van der Waals surface area contributed by atoms with Crippen molar-refractivity contribution in [2.24, 2.45) is 0 Å². The van der Waals surface area contributed by atoms with E-state index in [1.54, 1.807) is 13.8 Å². The molecule has 1 aliphatic heterocycles. The van der Waals surface area contributed by atoms with Crippen molar-refractivity contribution in [1.29, 1.82) is 0 Å². The van der Waals surface area contributed by atoms with Crippen LogP contribution in [0.2, 0.25) is 0 Å². The van der Waals surface area contributed by atoms with Crippen LogP contribution in [-0.4, -0.2) is 48.2 Å². The first-order chi connectivity index (χ1) is 10.0. The Hall–Kier alpha value is -1.46. The molecule has 116 valence electrons. The van der Waals surface area contributed by atoms with Crippen LogP contribution >= 0.6 is 0 Å². The number of rotatable bonds is 6. The van der Waals surface area contributed by atoms with Gasteiger partial charge in [-0.1, -0.05) is 30.3 Å². The molecule has 0 saturated carbocycles. The maximum Gasteiger partial charge on any atom is 0.223 e. The second kappa shape index (κ2) is 7.00. The summed E-state index contributed by atoms with van der Waals surface area (Å²) in [6.45, 7) is 7.68. The SMILES string of the molecule is CC(C)(C(CCN1CCOCC1)c1ccccc1)[N+](=O)[O-]. The van der Waals surface area contributed by atoms with Gasteiger partial charge in [0.25, 0.3) is 0 Å². The maximum atomic E-state index is 11.5. The van der Waals surface area contributed by atoms with Crippen molar-refractivity contribution in [2.75, 3.05) is 32.8 Å². The number of nitro groups is 1. The Labute approximate surface area is 126 Å². The van der Waals surface area contributed by atoms with E-state index < -0.39 is 5.54 Å². The molecule has 1 fully saturated rings. The highest BCUT2D eigenvalue weighted by Crippen LogP contribution is 2.33. The molecule has 2 rings (SSSR count). The monoisotopic (exact) mass is 292 g/mol. The first-order valence-electron chi connectivity index (χ1n) is 7.51. The van der Waals surface area contributed by atoms with Gasteiger partial charge < -0.3 is 4.74 Å². The first-order valence-corrected chi connectivity index (χ1v) is 7.51. The van der Waals surface area contributed by atoms with E-state index in [4.69, 9.17) is 4.74 Å².